The van der Waals surface area contributed by atoms with Gasteiger partial charge < -0.3 is 10.1 Å². The van der Waals surface area contributed by atoms with Crippen LogP contribution in [0.25, 0.3) is 10.9 Å². The van der Waals surface area contributed by atoms with E-state index in [0.717, 1.165) is 41.2 Å². The van der Waals surface area contributed by atoms with Crippen molar-refractivity contribution in [3.63, 3.8) is 0 Å². The van der Waals surface area contributed by atoms with E-state index in [1.54, 1.807) is 0 Å². The van der Waals surface area contributed by atoms with E-state index < -0.39 is 0 Å². The van der Waals surface area contributed by atoms with Gasteiger partial charge >= 0.3 is 0 Å². The van der Waals surface area contributed by atoms with Gasteiger partial charge in [-0.1, -0.05) is 37.3 Å². The predicted octanol–water partition coefficient (Wildman–Crippen LogP) is 4.85. The number of ether oxygens (including phenoxy) is 1. The van der Waals surface area contributed by atoms with Crippen LogP contribution in [0.15, 0.2) is 60.7 Å². The fourth-order valence-corrected chi connectivity index (χ4v) is 2.17. The third-order valence-corrected chi connectivity index (χ3v) is 3.21. The van der Waals surface area contributed by atoms with Gasteiger partial charge in [0.25, 0.3) is 0 Å². The molecule has 0 spiro atoms. The predicted molar refractivity (Wildman–Crippen MR) is 87.0 cm³/mol. The maximum Gasteiger partial charge on any atom is 0.153 e. The first-order valence-corrected chi connectivity index (χ1v) is 7.23. The highest BCUT2D eigenvalue weighted by molar-refractivity contribution is 5.86. The summed E-state index contributed by atoms with van der Waals surface area (Å²) < 4.78 is 5.96. The zero-order valence-corrected chi connectivity index (χ0v) is 12.0. The van der Waals surface area contributed by atoms with Crippen LogP contribution >= 0.6 is 0 Å². The van der Waals surface area contributed by atoms with Crippen molar-refractivity contribution < 1.29 is 4.74 Å². The van der Waals surface area contributed by atoms with Gasteiger partial charge in [0.15, 0.2) is 5.75 Å². The van der Waals surface area contributed by atoms with Gasteiger partial charge in [-0.3, -0.25) is 0 Å². The Hall–Kier alpha value is -2.55. The lowest BCUT2D eigenvalue weighted by Crippen LogP contribution is -2.01. The summed E-state index contributed by atoms with van der Waals surface area (Å²) in [7, 11) is 0. The highest BCUT2D eigenvalue weighted by Crippen LogP contribution is 2.29. The number of aromatic nitrogens is 1. The quantitative estimate of drug-likeness (QED) is 0.724. The van der Waals surface area contributed by atoms with E-state index in [2.05, 4.69) is 23.3 Å². The monoisotopic (exact) mass is 278 g/mol. The molecule has 0 aliphatic rings. The fourth-order valence-electron chi connectivity index (χ4n) is 2.17. The van der Waals surface area contributed by atoms with E-state index in [1.807, 2.05) is 54.6 Å². The minimum atomic E-state index is 0.777. The second-order valence-electron chi connectivity index (χ2n) is 4.87. The first-order chi connectivity index (χ1) is 10.4. The lowest BCUT2D eigenvalue weighted by molar-refractivity contribution is 0.487. The van der Waals surface area contributed by atoms with Crippen molar-refractivity contribution in [2.45, 2.75) is 13.3 Å². The van der Waals surface area contributed by atoms with E-state index in [0.29, 0.717) is 0 Å². The number of hydrogen-bond acceptors (Lipinski definition) is 3. The van der Waals surface area contributed by atoms with Gasteiger partial charge in [0, 0.05) is 11.9 Å². The molecule has 0 aliphatic carbocycles. The Labute approximate surface area is 124 Å². The van der Waals surface area contributed by atoms with Crippen molar-refractivity contribution in [2.75, 3.05) is 11.9 Å². The van der Waals surface area contributed by atoms with E-state index in [4.69, 9.17) is 4.74 Å². The normalized spacial score (nSPS) is 10.5. The highest BCUT2D eigenvalue weighted by Gasteiger charge is 2.06. The van der Waals surface area contributed by atoms with E-state index in [9.17, 15) is 0 Å². The molecule has 1 heterocycles. The summed E-state index contributed by atoms with van der Waals surface area (Å²) in [4.78, 5) is 4.67. The van der Waals surface area contributed by atoms with Gasteiger partial charge in [0.2, 0.25) is 0 Å². The highest BCUT2D eigenvalue weighted by atomic mass is 16.5. The lowest BCUT2D eigenvalue weighted by atomic mass is 10.2. The maximum absolute atomic E-state index is 5.96. The summed E-state index contributed by atoms with van der Waals surface area (Å²) in [5.41, 5.74) is 0.877. The molecular weight excluding hydrogens is 260 g/mol. The van der Waals surface area contributed by atoms with Gasteiger partial charge in [0.1, 0.15) is 17.1 Å². The minimum Gasteiger partial charge on any atom is -0.455 e. The number of nitrogens with one attached hydrogen (secondary N) is 1. The van der Waals surface area contributed by atoms with Crippen LogP contribution in [-0.2, 0) is 0 Å². The second kappa shape index (κ2) is 6.27. The Morgan fingerprint density at radius 2 is 1.81 bits per heavy atom. The fraction of sp³-hybridized carbons (Fsp3) is 0.167. The maximum atomic E-state index is 5.96. The molecule has 0 radical (unpaired) electrons. The molecule has 3 nitrogen and oxygen atoms in total. The van der Waals surface area contributed by atoms with Crippen LogP contribution in [0.4, 0.5) is 5.82 Å². The topological polar surface area (TPSA) is 34.1 Å². The molecule has 0 saturated heterocycles. The van der Waals surface area contributed by atoms with Gasteiger partial charge in [-0.05, 0) is 36.8 Å². The average molecular weight is 278 g/mol. The van der Waals surface area contributed by atoms with E-state index in [1.165, 1.54) is 0 Å². The van der Waals surface area contributed by atoms with Crippen LogP contribution in [0.3, 0.4) is 0 Å². The van der Waals surface area contributed by atoms with Gasteiger partial charge in [-0.25, -0.2) is 4.98 Å². The van der Waals surface area contributed by atoms with Crippen molar-refractivity contribution in [1.82, 2.24) is 4.98 Å². The molecule has 1 aromatic heterocycles. The second-order valence-corrected chi connectivity index (χ2v) is 4.87. The smallest absolute Gasteiger partial charge is 0.153 e. The molecular formula is C18H18N2O. The molecule has 3 aromatic rings. The van der Waals surface area contributed by atoms with Crippen LogP contribution in [0, 0.1) is 0 Å². The summed E-state index contributed by atoms with van der Waals surface area (Å²) in [6, 6.07) is 19.8. The first-order valence-electron chi connectivity index (χ1n) is 7.23. The molecule has 0 aliphatic heterocycles. The largest absolute Gasteiger partial charge is 0.455 e. The molecule has 0 bridgehead atoms. The number of fused-ring (bicyclic) bond motifs is 1. The molecule has 2 aromatic carbocycles. The first kappa shape index (κ1) is 13.4. The Morgan fingerprint density at radius 3 is 2.62 bits per heavy atom. The Bertz CT molecular complexity index is 726. The molecule has 0 atom stereocenters. The Kier molecular flexibility index (Phi) is 4.01. The number of para-hydroxylation sites is 2. The number of anilines is 1. The summed E-state index contributed by atoms with van der Waals surface area (Å²) in [5, 5.41) is 4.39. The SMILES string of the molecule is CCCNc1ccc2cccc(Oc3ccccc3)c2n1. The van der Waals surface area contributed by atoms with Gasteiger partial charge in [0.05, 0.1) is 0 Å². The molecule has 0 amide bonds. The zero-order chi connectivity index (χ0) is 14.5. The molecule has 3 rings (SSSR count). The van der Waals surface area contributed by atoms with Crippen LogP contribution in [0.1, 0.15) is 13.3 Å². The number of nitrogens with zero attached hydrogens (tertiary/aromatic N) is 1. The Balaban J connectivity index is 1.97. The van der Waals surface area contributed by atoms with Crippen LogP contribution in [-0.4, -0.2) is 11.5 Å². The third-order valence-electron chi connectivity index (χ3n) is 3.21. The average Bonchev–Trinajstić information content (AvgIpc) is 2.54. The van der Waals surface area contributed by atoms with Crippen molar-refractivity contribution in [1.29, 1.82) is 0 Å². The molecule has 0 saturated carbocycles. The molecule has 0 fully saturated rings. The third kappa shape index (κ3) is 3.14. The van der Waals surface area contributed by atoms with E-state index in [-0.39, 0.29) is 0 Å². The summed E-state index contributed by atoms with van der Waals surface area (Å²) >= 11 is 0. The zero-order valence-electron chi connectivity index (χ0n) is 12.0. The number of pyridine rings is 1. The van der Waals surface area contributed by atoms with E-state index >= 15 is 0 Å². The molecule has 1 N–H and O–H groups in total. The summed E-state index contributed by atoms with van der Waals surface area (Å²) in [5.74, 6) is 2.48. The number of benzene rings is 2. The van der Waals surface area contributed by atoms with Crippen LogP contribution in [0.5, 0.6) is 11.5 Å². The van der Waals surface area contributed by atoms with Gasteiger partial charge in [-0.15, -0.1) is 0 Å². The molecule has 21 heavy (non-hydrogen) atoms. The van der Waals surface area contributed by atoms with Crippen LogP contribution < -0.4 is 10.1 Å². The van der Waals surface area contributed by atoms with Crippen molar-refractivity contribution in [3.8, 4) is 11.5 Å². The van der Waals surface area contributed by atoms with Crippen molar-refractivity contribution in [2.24, 2.45) is 0 Å². The Morgan fingerprint density at radius 1 is 0.952 bits per heavy atom. The lowest BCUT2D eigenvalue weighted by Gasteiger charge is -2.10. The molecule has 3 heteroatoms. The molecule has 106 valence electrons. The number of hydrogen-bond donors (Lipinski definition) is 1. The summed E-state index contributed by atoms with van der Waals surface area (Å²) in [6.45, 7) is 3.05. The van der Waals surface area contributed by atoms with Crippen LogP contribution in [0.2, 0.25) is 0 Å². The number of rotatable bonds is 5. The standard InChI is InChI=1S/C18H18N2O/c1-2-13-19-17-12-11-14-7-6-10-16(18(14)20-17)21-15-8-4-3-5-9-15/h3-12H,2,13H2,1H3,(H,19,20). The molecule has 0 unspecified atom stereocenters. The van der Waals surface area contributed by atoms with Crippen molar-refractivity contribution in [3.05, 3.63) is 60.7 Å². The van der Waals surface area contributed by atoms with Gasteiger partial charge in [-0.2, -0.15) is 0 Å². The minimum absolute atomic E-state index is 0.777. The summed E-state index contributed by atoms with van der Waals surface area (Å²) in [6.07, 6.45) is 1.07. The van der Waals surface area contributed by atoms with Crippen molar-refractivity contribution >= 4 is 16.7 Å².